The van der Waals surface area contributed by atoms with Gasteiger partial charge in [0.25, 0.3) is 11.5 Å². The minimum atomic E-state index is -0.541. The lowest BCUT2D eigenvalue weighted by Gasteiger charge is -2.06. The minimum Gasteiger partial charge on any atom is -0.484 e. The summed E-state index contributed by atoms with van der Waals surface area (Å²) in [5, 5.41) is 4.73. The Hall–Kier alpha value is -3.00. The van der Waals surface area contributed by atoms with Gasteiger partial charge in [0.15, 0.2) is 6.61 Å². The summed E-state index contributed by atoms with van der Waals surface area (Å²) in [4.78, 5) is 27.8. The summed E-state index contributed by atoms with van der Waals surface area (Å²) in [6.45, 7) is 1.54. The molecule has 8 heteroatoms. The largest absolute Gasteiger partial charge is 0.484 e. The number of benzene rings is 2. The highest BCUT2D eigenvalue weighted by Gasteiger charge is 2.07. The molecule has 1 amide bonds. The number of hydrogen-bond donors (Lipinski definition) is 1. The number of ether oxygens (including phenoxy) is 1. The van der Waals surface area contributed by atoms with E-state index in [1.54, 1.807) is 49.5 Å². The number of amides is 1. The van der Waals surface area contributed by atoms with E-state index in [1.165, 1.54) is 4.68 Å². The van der Waals surface area contributed by atoms with Crippen LogP contribution in [0.15, 0.2) is 56.8 Å². The van der Waals surface area contributed by atoms with Crippen molar-refractivity contribution < 1.29 is 9.53 Å². The zero-order chi connectivity index (χ0) is 18.7. The van der Waals surface area contributed by atoms with Crippen molar-refractivity contribution in [3.8, 4) is 5.75 Å². The van der Waals surface area contributed by atoms with Crippen LogP contribution in [0.25, 0.3) is 10.9 Å². The summed E-state index contributed by atoms with van der Waals surface area (Å²) in [6, 6.07) is 12.2. The number of nitrogens with two attached hydrogens (primary N) is 1. The van der Waals surface area contributed by atoms with Gasteiger partial charge in [-0.3, -0.25) is 9.59 Å². The van der Waals surface area contributed by atoms with Crippen LogP contribution in [-0.2, 0) is 4.79 Å². The molecule has 0 atom stereocenters. The second kappa shape index (κ2) is 7.49. The zero-order valence-corrected chi connectivity index (χ0v) is 15.4. The standard InChI is InChI=1S/C18H15BrN4O3/c1-11-22-16-7-4-13(19)8-15(16)18(25)23(11)21-9-12-2-5-14(6-3-12)26-10-17(20)24/h2-9H,10H2,1H3,(H2,20,24). The van der Waals surface area contributed by atoms with E-state index in [0.717, 1.165) is 10.0 Å². The molecule has 3 aromatic rings. The Balaban J connectivity index is 1.88. The summed E-state index contributed by atoms with van der Waals surface area (Å²) in [6.07, 6.45) is 1.55. The molecule has 0 bridgehead atoms. The summed E-state index contributed by atoms with van der Waals surface area (Å²) in [5.41, 5.74) is 6.17. The maximum atomic E-state index is 12.7. The SMILES string of the molecule is Cc1nc2ccc(Br)cc2c(=O)n1N=Cc1ccc(OCC(N)=O)cc1. The predicted molar refractivity (Wildman–Crippen MR) is 103 cm³/mol. The van der Waals surface area contributed by atoms with Crippen LogP contribution >= 0.6 is 15.9 Å². The number of fused-ring (bicyclic) bond motifs is 1. The number of aryl methyl sites for hydroxylation is 1. The number of carbonyl (C=O) groups excluding carboxylic acids is 1. The Morgan fingerprint density at radius 1 is 1.31 bits per heavy atom. The molecule has 0 saturated carbocycles. The first kappa shape index (κ1) is 17.8. The predicted octanol–water partition coefficient (Wildman–Crippen LogP) is 2.21. The minimum absolute atomic E-state index is 0.180. The van der Waals surface area contributed by atoms with Gasteiger partial charge in [0, 0.05) is 4.47 Å². The maximum absolute atomic E-state index is 12.7. The van der Waals surface area contributed by atoms with Crippen molar-refractivity contribution in [1.82, 2.24) is 9.66 Å². The average molecular weight is 415 g/mol. The first-order valence-electron chi connectivity index (χ1n) is 7.68. The lowest BCUT2D eigenvalue weighted by Crippen LogP contribution is -2.20. The molecular formula is C18H15BrN4O3. The fourth-order valence-electron chi connectivity index (χ4n) is 2.32. The van der Waals surface area contributed by atoms with Gasteiger partial charge in [-0.2, -0.15) is 9.78 Å². The van der Waals surface area contributed by atoms with Crippen molar-refractivity contribution in [3.63, 3.8) is 0 Å². The van der Waals surface area contributed by atoms with Crippen LogP contribution in [0, 0.1) is 6.92 Å². The van der Waals surface area contributed by atoms with E-state index in [-0.39, 0.29) is 12.2 Å². The highest BCUT2D eigenvalue weighted by Crippen LogP contribution is 2.16. The second-order valence-electron chi connectivity index (χ2n) is 5.51. The average Bonchev–Trinajstić information content (AvgIpc) is 2.61. The molecule has 2 aromatic carbocycles. The lowest BCUT2D eigenvalue weighted by molar-refractivity contribution is -0.119. The number of carbonyl (C=O) groups is 1. The van der Waals surface area contributed by atoms with Gasteiger partial charge < -0.3 is 10.5 Å². The van der Waals surface area contributed by atoms with Gasteiger partial charge >= 0.3 is 0 Å². The first-order chi connectivity index (χ1) is 12.4. The normalized spacial score (nSPS) is 11.2. The van der Waals surface area contributed by atoms with E-state index >= 15 is 0 Å². The molecule has 1 heterocycles. The van der Waals surface area contributed by atoms with Crippen LogP contribution in [0.5, 0.6) is 5.75 Å². The van der Waals surface area contributed by atoms with E-state index < -0.39 is 5.91 Å². The van der Waals surface area contributed by atoms with E-state index in [1.807, 2.05) is 6.07 Å². The van der Waals surface area contributed by atoms with Crippen molar-refractivity contribution in [1.29, 1.82) is 0 Å². The van der Waals surface area contributed by atoms with Crippen LogP contribution < -0.4 is 16.0 Å². The number of halogens is 1. The highest BCUT2D eigenvalue weighted by molar-refractivity contribution is 9.10. The molecule has 132 valence electrons. The molecule has 3 rings (SSSR count). The highest BCUT2D eigenvalue weighted by atomic mass is 79.9. The number of primary amides is 1. The fourth-order valence-corrected chi connectivity index (χ4v) is 2.69. The number of aromatic nitrogens is 2. The fraction of sp³-hybridized carbons (Fsp3) is 0.111. The van der Waals surface area contributed by atoms with Gasteiger partial charge in [0.2, 0.25) is 0 Å². The number of rotatable bonds is 5. The van der Waals surface area contributed by atoms with E-state index in [9.17, 15) is 9.59 Å². The van der Waals surface area contributed by atoms with E-state index in [4.69, 9.17) is 10.5 Å². The van der Waals surface area contributed by atoms with E-state index in [0.29, 0.717) is 22.5 Å². The van der Waals surface area contributed by atoms with Gasteiger partial charge in [-0.05, 0) is 55.0 Å². The summed E-state index contributed by atoms with van der Waals surface area (Å²) >= 11 is 3.36. The molecule has 7 nitrogen and oxygen atoms in total. The molecule has 2 N–H and O–H groups in total. The third kappa shape index (κ3) is 3.97. The molecule has 26 heavy (non-hydrogen) atoms. The van der Waals surface area contributed by atoms with Crippen molar-refractivity contribution in [2.75, 3.05) is 6.61 Å². The van der Waals surface area contributed by atoms with Crippen molar-refractivity contribution in [2.24, 2.45) is 10.8 Å². The molecule has 0 aliphatic carbocycles. The Morgan fingerprint density at radius 2 is 2.04 bits per heavy atom. The van der Waals surface area contributed by atoms with Gasteiger partial charge in [0.1, 0.15) is 11.6 Å². The molecule has 0 aliphatic rings. The molecular weight excluding hydrogens is 400 g/mol. The molecule has 0 radical (unpaired) electrons. The Kier molecular flexibility index (Phi) is 5.13. The number of hydrogen-bond acceptors (Lipinski definition) is 5. The monoisotopic (exact) mass is 414 g/mol. The van der Waals surface area contributed by atoms with Crippen molar-refractivity contribution in [3.05, 3.63) is 68.7 Å². The quantitative estimate of drug-likeness (QED) is 0.646. The zero-order valence-electron chi connectivity index (χ0n) is 13.8. The smallest absolute Gasteiger partial charge is 0.282 e. The van der Waals surface area contributed by atoms with Crippen LogP contribution in [0.2, 0.25) is 0 Å². The van der Waals surface area contributed by atoms with Crippen LogP contribution in [0.3, 0.4) is 0 Å². The third-order valence-corrected chi connectivity index (χ3v) is 4.05. The lowest BCUT2D eigenvalue weighted by atomic mass is 10.2. The van der Waals surface area contributed by atoms with Gasteiger partial charge in [-0.25, -0.2) is 4.98 Å². The number of nitrogens with zero attached hydrogens (tertiary/aromatic N) is 3. The van der Waals surface area contributed by atoms with Gasteiger partial charge in [-0.1, -0.05) is 15.9 Å². The molecule has 0 aliphatic heterocycles. The summed E-state index contributed by atoms with van der Waals surface area (Å²) in [7, 11) is 0. The van der Waals surface area contributed by atoms with Crippen molar-refractivity contribution >= 4 is 39.0 Å². The summed E-state index contributed by atoms with van der Waals surface area (Å²) in [5.74, 6) is 0.468. The molecule has 0 spiro atoms. The Labute approximate surface area is 157 Å². The van der Waals surface area contributed by atoms with Gasteiger partial charge in [-0.15, -0.1) is 0 Å². The van der Waals surface area contributed by atoms with E-state index in [2.05, 4.69) is 26.0 Å². The molecule has 0 fully saturated rings. The summed E-state index contributed by atoms with van der Waals surface area (Å²) < 4.78 is 7.25. The second-order valence-corrected chi connectivity index (χ2v) is 6.42. The van der Waals surface area contributed by atoms with Crippen molar-refractivity contribution in [2.45, 2.75) is 6.92 Å². The van der Waals surface area contributed by atoms with Gasteiger partial charge in [0.05, 0.1) is 17.1 Å². The maximum Gasteiger partial charge on any atom is 0.282 e. The molecule has 0 saturated heterocycles. The molecule has 1 aromatic heterocycles. The van der Waals surface area contributed by atoms with Crippen LogP contribution in [0.4, 0.5) is 0 Å². The third-order valence-electron chi connectivity index (χ3n) is 3.55. The topological polar surface area (TPSA) is 99.6 Å². The molecule has 0 unspecified atom stereocenters. The Morgan fingerprint density at radius 3 is 2.73 bits per heavy atom. The Bertz CT molecular complexity index is 1060. The van der Waals surface area contributed by atoms with Crippen LogP contribution in [-0.4, -0.2) is 28.4 Å². The van der Waals surface area contributed by atoms with Crippen LogP contribution in [0.1, 0.15) is 11.4 Å². The first-order valence-corrected chi connectivity index (χ1v) is 8.48.